The van der Waals surface area contributed by atoms with Crippen LogP contribution < -0.4 is 11.1 Å². The zero-order chi connectivity index (χ0) is 21.0. The lowest BCUT2D eigenvalue weighted by Gasteiger charge is -2.59. The van der Waals surface area contributed by atoms with Gasteiger partial charge in [-0.05, 0) is 87.6 Å². The highest BCUT2D eigenvalue weighted by molar-refractivity contribution is 5.98. The largest absolute Gasteiger partial charge is 0.307 e. The first-order valence-corrected chi connectivity index (χ1v) is 11.6. The van der Waals surface area contributed by atoms with Gasteiger partial charge in [0.25, 0.3) is 0 Å². The van der Waals surface area contributed by atoms with Crippen molar-refractivity contribution in [1.29, 1.82) is 0 Å². The van der Waals surface area contributed by atoms with Gasteiger partial charge in [-0.25, -0.2) is 0 Å². The Bertz CT molecular complexity index is 586. The van der Waals surface area contributed by atoms with E-state index in [-0.39, 0.29) is 34.1 Å². The molecule has 0 aromatic carbocycles. The summed E-state index contributed by atoms with van der Waals surface area (Å²) < 4.78 is 0. The number of hydrogen-bond donors (Lipinski definition) is 1. The summed E-state index contributed by atoms with van der Waals surface area (Å²) in [5.74, 6) is 0.264. The first kappa shape index (κ1) is 22.2. The molecule has 1 N–H and O–H groups in total. The summed E-state index contributed by atoms with van der Waals surface area (Å²) in [6, 6.07) is -0.163. The average Bonchev–Trinajstić information content (AvgIpc) is 2.55. The molecule has 28 heavy (non-hydrogen) atoms. The molecule has 3 unspecified atom stereocenters. The van der Waals surface area contributed by atoms with Gasteiger partial charge in [0.2, 0.25) is 0 Å². The molecule has 3 rings (SSSR count). The second kappa shape index (κ2) is 7.35. The molecule has 3 fully saturated rings. The van der Waals surface area contributed by atoms with E-state index in [2.05, 4.69) is 65.6 Å². The lowest BCUT2D eigenvalue weighted by atomic mass is 9.66. The van der Waals surface area contributed by atoms with Crippen LogP contribution in [0.25, 0.3) is 0 Å². The standard InChI is InChI=1S/C24H44N4/c1-21(2)15-17(16-22(3,4)27-21)26-20-19(25)18-13-11-9-10-12-14-28(23(18,5)6)24(20,7)8/h17-19,27H,9-16H2,1-8H3. The molecule has 160 valence electrons. The van der Waals surface area contributed by atoms with Gasteiger partial charge in [0.05, 0.1) is 23.3 Å². The first-order valence-electron chi connectivity index (χ1n) is 11.6. The molecule has 3 heterocycles. The Labute approximate surface area is 174 Å². The molecule has 0 aromatic heterocycles. The molecule has 0 saturated carbocycles. The molecular formula is C24H44N4. The van der Waals surface area contributed by atoms with E-state index in [0.717, 1.165) is 31.5 Å². The van der Waals surface area contributed by atoms with Gasteiger partial charge in [-0.15, -0.1) is 5.73 Å². The number of piperidine rings is 2. The van der Waals surface area contributed by atoms with Crippen LogP contribution in [0.5, 0.6) is 0 Å². The predicted octanol–water partition coefficient (Wildman–Crippen LogP) is 4.63. The van der Waals surface area contributed by atoms with E-state index in [9.17, 15) is 5.73 Å². The van der Waals surface area contributed by atoms with Crippen LogP contribution in [-0.4, -0.2) is 51.4 Å². The highest BCUT2D eigenvalue weighted by atomic mass is 15.3. The zero-order valence-corrected chi connectivity index (χ0v) is 19.7. The maximum atomic E-state index is 11.6. The summed E-state index contributed by atoms with van der Waals surface area (Å²) in [4.78, 5) is 8.02. The third-order valence-corrected chi connectivity index (χ3v) is 7.70. The SMILES string of the molecule is CC1(C)CC(N=C2C([N])C3CCCCCCN(C2(C)C)C3(C)C)CC(C)(C)N1. The fourth-order valence-electron chi connectivity index (χ4n) is 6.85. The maximum absolute atomic E-state index is 11.6. The van der Waals surface area contributed by atoms with E-state index in [1.54, 1.807) is 0 Å². The summed E-state index contributed by atoms with van der Waals surface area (Å²) in [6.07, 6.45) is 8.21. The summed E-state index contributed by atoms with van der Waals surface area (Å²) in [7, 11) is 0. The Kier molecular flexibility index (Phi) is 5.84. The molecule has 3 atom stereocenters. The first-order chi connectivity index (χ1) is 12.8. The summed E-state index contributed by atoms with van der Waals surface area (Å²) in [5.41, 5.74) is 12.6. The van der Waals surface area contributed by atoms with Crippen LogP contribution in [-0.2, 0) is 0 Å². The molecule has 3 aliphatic rings. The van der Waals surface area contributed by atoms with E-state index in [0.29, 0.717) is 0 Å². The fraction of sp³-hybridized carbons (Fsp3) is 0.958. The third kappa shape index (κ3) is 4.20. The van der Waals surface area contributed by atoms with Crippen LogP contribution in [0.1, 0.15) is 100 Å². The van der Waals surface area contributed by atoms with Gasteiger partial charge in [-0.3, -0.25) is 9.89 Å². The molecule has 0 spiro atoms. The van der Waals surface area contributed by atoms with Gasteiger partial charge in [0.1, 0.15) is 0 Å². The molecule has 3 saturated heterocycles. The molecule has 4 nitrogen and oxygen atoms in total. The maximum Gasteiger partial charge on any atom is 0.0875 e. The number of aliphatic imine (C=N–C) groups is 1. The van der Waals surface area contributed by atoms with Gasteiger partial charge < -0.3 is 5.32 Å². The van der Waals surface area contributed by atoms with Crippen molar-refractivity contribution in [3.63, 3.8) is 0 Å². The second-order valence-electron chi connectivity index (χ2n) is 12.1. The van der Waals surface area contributed by atoms with E-state index in [1.807, 2.05) is 0 Å². The highest BCUT2D eigenvalue weighted by Gasteiger charge is 2.55. The van der Waals surface area contributed by atoms with Crippen molar-refractivity contribution >= 4 is 5.71 Å². The van der Waals surface area contributed by atoms with Gasteiger partial charge in [0.15, 0.2) is 0 Å². The van der Waals surface area contributed by atoms with Crippen molar-refractivity contribution in [1.82, 2.24) is 16.0 Å². The van der Waals surface area contributed by atoms with Gasteiger partial charge in [0, 0.05) is 22.5 Å². The second-order valence-corrected chi connectivity index (χ2v) is 12.1. The monoisotopic (exact) mass is 388 g/mol. The summed E-state index contributed by atoms with van der Waals surface area (Å²) in [6.45, 7) is 19.5. The zero-order valence-electron chi connectivity index (χ0n) is 19.7. The van der Waals surface area contributed by atoms with Crippen molar-refractivity contribution in [2.24, 2.45) is 10.9 Å². The van der Waals surface area contributed by atoms with Crippen molar-refractivity contribution in [2.75, 3.05) is 6.54 Å². The van der Waals surface area contributed by atoms with Crippen LogP contribution in [0.3, 0.4) is 0 Å². The van der Waals surface area contributed by atoms with Crippen LogP contribution in [0.4, 0.5) is 0 Å². The molecule has 2 radical (unpaired) electrons. The van der Waals surface area contributed by atoms with E-state index < -0.39 is 6.04 Å². The molecule has 0 aliphatic carbocycles. The fourth-order valence-corrected chi connectivity index (χ4v) is 6.85. The van der Waals surface area contributed by atoms with E-state index in [1.165, 1.54) is 25.7 Å². The highest BCUT2D eigenvalue weighted by Crippen LogP contribution is 2.44. The van der Waals surface area contributed by atoms with Crippen LogP contribution in [0, 0.1) is 5.92 Å². The number of fused-ring (bicyclic) bond motifs is 2. The number of hydrogen-bond acceptors (Lipinski definition) is 3. The smallest absolute Gasteiger partial charge is 0.0875 e. The topological polar surface area (TPSA) is 49.9 Å². The van der Waals surface area contributed by atoms with Crippen LogP contribution in [0.2, 0.25) is 0 Å². The van der Waals surface area contributed by atoms with Crippen LogP contribution >= 0.6 is 0 Å². The van der Waals surface area contributed by atoms with Crippen molar-refractivity contribution < 1.29 is 0 Å². The average molecular weight is 389 g/mol. The lowest BCUT2D eigenvalue weighted by Crippen LogP contribution is -2.72. The minimum absolute atomic E-state index is 0.00105. The summed E-state index contributed by atoms with van der Waals surface area (Å²) in [5, 5.41) is 3.77. The molecular weight excluding hydrogens is 344 g/mol. The molecule has 0 amide bonds. The minimum Gasteiger partial charge on any atom is -0.307 e. The quantitative estimate of drug-likeness (QED) is 0.712. The van der Waals surface area contributed by atoms with E-state index >= 15 is 0 Å². The van der Waals surface area contributed by atoms with Crippen LogP contribution in [0.15, 0.2) is 4.99 Å². The van der Waals surface area contributed by atoms with Gasteiger partial charge >= 0.3 is 0 Å². The molecule has 4 heteroatoms. The minimum atomic E-state index is -0.430. The summed E-state index contributed by atoms with van der Waals surface area (Å²) >= 11 is 0. The Balaban J connectivity index is 2.00. The van der Waals surface area contributed by atoms with Crippen molar-refractivity contribution in [3.05, 3.63) is 0 Å². The number of nitrogens with one attached hydrogen (secondary N) is 1. The normalized spacial score (nSPS) is 39.0. The number of rotatable bonds is 1. The van der Waals surface area contributed by atoms with Crippen molar-refractivity contribution in [2.45, 2.75) is 135 Å². The van der Waals surface area contributed by atoms with E-state index in [4.69, 9.17) is 4.99 Å². The molecule has 3 aliphatic heterocycles. The lowest BCUT2D eigenvalue weighted by molar-refractivity contribution is -0.0169. The van der Waals surface area contributed by atoms with Gasteiger partial charge in [-0.1, -0.05) is 19.3 Å². The molecule has 0 aromatic rings. The predicted molar refractivity (Wildman–Crippen MR) is 119 cm³/mol. The Morgan fingerprint density at radius 2 is 1.46 bits per heavy atom. The van der Waals surface area contributed by atoms with Crippen molar-refractivity contribution in [3.8, 4) is 0 Å². The Morgan fingerprint density at radius 3 is 2.07 bits per heavy atom. The Morgan fingerprint density at radius 1 is 0.893 bits per heavy atom. The van der Waals surface area contributed by atoms with Gasteiger partial charge in [-0.2, -0.15) is 0 Å². The Hall–Kier alpha value is -0.450. The third-order valence-electron chi connectivity index (χ3n) is 7.70. The molecule has 2 bridgehead atoms. The number of nitrogens with zero attached hydrogens (tertiary/aromatic N) is 3.